The van der Waals surface area contributed by atoms with Crippen LogP contribution in [0.4, 0.5) is 5.69 Å². The fourth-order valence-corrected chi connectivity index (χ4v) is 3.51. The van der Waals surface area contributed by atoms with Crippen molar-refractivity contribution in [1.82, 2.24) is 10.3 Å². The number of benzene rings is 1. The van der Waals surface area contributed by atoms with Gasteiger partial charge in [-0.2, -0.15) is 0 Å². The van der Waals surface area contributed by atoms with Gasteiger partial charge in [0, 0.05) is 44.3 Å². The highest BCUT2D eigenvalue weighted by atomic mass is 16.5. The number of carbonyl (C=O) groups excluding carboxylic acids is 2. The summed E-state index contributed by atoms with van der Waals surface area (Å²) in [4.78, 5) is 30.3. The molecule has 0 radical (unpaired) electrons. The molecule has 0 unspecified atom stereocenters. The average molecular weight is 369 g/mol. The third kappa shape index (κ3) is 4.03. The largest absolute Gasteiger partial charge is 0.448 e. The molecule has 2 aromatic rings. The normalized spacial score (nSPS) is 18.1. The minimum Gasteiger partial charge on any atom is -0.448 e. The van der Waals surface area contributed by atoms with Crippen LogP contribution in [-0.2, 0) is 16.1 Å². The van der Waals surface area contributed by atoms with Crippen LogP contribution in [0.25, 0.3) is 0 Å². The van der Waals surface area contributed by atoms with Crippen molar-refractivity contribution in [2.24, 2.45) is 0 Å². The van der Waals surface area contributed by atoms with E-state index in [1.807, 2.05) is 24.3 Å². The topological polar surface area (TPSA) is 84.7 Å². The fraction of sp³-hybridized carbons (Fsp3) is 0.450. The van der Waals surface area contributed by atoms with E-state index in [9.17, 15) is 9.59 Å². The molecule has 0 atom stereocenters. The van der Waals surface area contributed by atoms with E-state index in [2.05, 4.69) is 10.3 Å². The Balaban J connectivity index is 1.32. The SMILES string of the molecule is O=C(NCc1ccc(N2CCCC2=O)cc1)c1coc(C2CCOCC2)n1. The molecule has 2 aliphatic rings. The number of aromatic nitrogens is 1. The summed E-state index contributed by atoms with van der Waals surface area (Å²) >= 11 is 0. The van der Waals surface area contributed by atoms with Gasteiger partial charge in [0.15, 0.2) is 11.6 Å². The highest BCUT2D eigenvalue weighted by Gasteiger charge is 2.23. The predicted molar refractivity (Wildman–Crippen MR) is 98.5 cm³/mol. The van der Waals surface area contributed by atoms with Gasteiger partial charge in [0.2, 0.25) is 5.91 Å². The average Bonchev–Trinajstić information content (AvgIpc) is 3.37. The Labute approximate surface area is 157 Å². The third-order valence-electron chi connectivity index (χ3n) is 5.10. The molecule has 27 heavy (non-hydrogen) atoms. The van der Waals surface area contributed by atoms with Gasteiger partial charge in [0.05, 0.1) is 0 Å². The number of amides is 2. The molecule has 3 heterocycles. The van der Waals surface area contributed by atoms with E-state index in [4.69, 9.17) is 9.15 Å². The molecule has 4 rings (SSSR count). The number of nitrogens with one attached hydrogen (secondary N) is 1. The molecule has 2 fully saturated rings. The lowest BCUT2D eigenvalue weighted by atomic mass is 10.0. The molecule has 7 nitrogen and oxygen atoms in total. The number of oxazole rings is 1. The number of rotatable bonds is 5. The molecule has 0 spiro atoms. The molecule has 0 aliphatic carbocycles. The molecule has 142 valence electrons. The first-order valence-corrected chi connectivity index (χ1v) is 9.41. The Bertz CT molecular complexity index is 809. The zero-order valence-corrected chi connectivity index (χ0v) is 15.1. The summed E-state index contributed by atoms with van der Waals surface area (Å²) < 4.78 is 10.8. The van der Waals surface area contributed by atoms with Gasteiger partial charge >= 0.3 is 0 Å². The minimum absolute atomic E-state index is 0.169. The zero-order chi connectivity index (χ0) is 18.6. The number of anilines is 1. The molecule has 1 aromatic heterocycles. The van der Waals surface area contributed by atoms with Crippen molar-refractivity contribution in [3.63, 3.8) is 0 Å². The lowest BCUT2D eigenvalue weighted by Gasteiger charge is -2.18. The molecule has 0 bridgehead atoms. The van der Waals surface area contributed by atoms with Crippen LogP contribution in [0.2, 0.25) is 0 Å². The number of carbonyl (C=O) groups is 2. The summed E-state index contributed by atoms with van der Waals surface area (Å²) in [6.45, 7) is 2.57. The second kappa shape index (κ2) is 7.92. The first-order chi connectivity index (χ1) is 13.2. The van der Waals surface area contributed by atoms with Crippen molar-refractivity contribution in [1.29, 1.82) is 0 Å². The van der Waals surface area contributed by atoms with E-state index in [1.54, 1.807) is 4.90 Å². The molecule has 2 aliphatic heterocycles. The van der Waals surface area contributed by atoms with Gasteiger partial charge in [-0.05, 0) is 37.0 Å². The van der Waals surface area contributed by atoms with Crippen LogP contribution in [-0.4, -0.2) is 36.6 Å². The van der Waals surface area contributed by atoms with Crippen LogP contribution in [0, 0.1) is 0 Å². The maximum atomic E-state index is 12.3. The lowest BCUT2D eigenvalue weighted by Crippen LogP contribution is -2.24. The fourth-order valence-electron chi connectivity index (χ4n) is 3.51. The van der Waals surface area contributed by atoms with Crippen molar-refractivity contribution in [3.8, 4) is 0 Å². The van der Waals surface area contributed by atoms with Crippen LogP contribution in [0.5, 0.6) is 0 Å². The Hall–Kier alpha value is -2.67. The number of ether oxygens (including phenoxy) is 1. The standard InChI is InChI=1S/C20H23N3O4/c24-18-2-1-9-23(18)16-5-3-14(4-6-16)12-21-19(25)17-13-27-20(22-17)15-7-10-26-11-8-15/h3-6,13,15H,1-2,7-12H2,(H,21,25). The Kier molecular flexibility index (Phi) is 5.20. The molecule has 1 N–H and O–H groups in total. The smallest absolute Gasteiger partial charge is 0.273 e. The van der Waals surface area contributed by atoms with Crippen LogP contribution < -0.4 is 10.2 Å². The van der Waals surface area contributed by atoms with E-state index in [-0.39, 0.29) is 17.7 Å². The summed E-state index contributed by atoms with van der Waals surface area (Å²) in [5.41, 5.74) is 2.17. The maximum Gasteiger partial charge on any atom is 0.273 e. The second-order valence-electron chi connectivity index (χ2n) is 6.96. The lowest BCUT2D eigenvalue weighted by molar-refractivity contribution is -0.117. The van der Waals surface area contributed by atoms with Crippen LogP contribution in [0.3, 0.4) is 0 Å². The number of hydrogen-bond donors (Lipinski definition) is 1. The van der Waals surface area contributed by atoms with Crippen molar-refractivity contribution >= 4 is 17.5 Å². The van der Waals surface area contributed by atoms with Gasteiger partial charge in [-0.15, -0.1) is 0 Å². The molecule has 7 heteroatoms. The quantitative estimate of drug-likeness (QED) is 0.876. The zero-order valence-electron chi connectivity index (χ0n) is 15.1. The monoisotopic (exact) mass is 369 g/mol. The Morgan fingerprint density at radius 3 is 2.70 bits per heavy atom. The number of nitrogens with zero attached hydrogens (tertiary/aromatic N) is 2. The Morgan fingerprint density at radius 2 is 2.00 bits per heavy atom. The highest BCUT2D eigenvalue weighted by molar-refractivity contribution is 5.95. The van der Waals surface area contributed by atoms with Gasteiger partial charge in [0.25, 0.3) is 5.91 Å². The summed E-state index contributed by atoms with van der Waals surface area (Å²) in [5, 5.41) is 2.86. The van der Waals surface area contributed by atoms with Crippen molar-refractivity contribution in [3.05, 3.63) is 47.7 Å². The molecular weight excluding hydrogens is 346 g/mol. The van der Waals surface area contributed by atoms with E-state index in [1.165, 1.54) is 6.26 Å². The van der Waals surface area contributed by atoms with Crippen molar-refractivity contribution in [2.75, 3.05) is 24.7 Å². The van der Waals surface area contributed by atoms with E-state index >= 15 is 0 Å². The summed E-state index contributed by atoms with van der Waals surface area (Å²) in [6.07, 6.45) is 4.68. The predicted octanol–water partition coefficient (Wildman–Crippen LogP) is 2.63. The van der Waals surface area contributed by atoms with Crippen LogP contribution >= 0.6 is 0 Å². The number of hydrogen-bond acceptors (Lipinski definition) is 5. The highest BCUT2D eigenvalue weighted by Crippen LogP contribution is 2.26. The summed E-state index contributed by atoms with van der Waals surface area (Å²) in [7, 11) is 0. The molecule has 2 saturated heterocycles. The van der Waals surface area contributed by atoms with Gasteiger partial charge in [-0.1, -0.05) is 12.1 Å². The van der Waals surface area contributed by atoms with Crippen LogP contribution in [0.15, 0.2) is 34.9 Å². The minimum atomic E-state index is -0.254. The van der Waals surface area contributed by atoms with Crippen molar-refractivity contribution in [2.45, 2.75) is 38.1 Å². The van der Waals surface area contributed by atoms with E-state index < -0.39 is 0 Å². The Morgan fingerprint density at radius 1 is 1.22 bits per heavy atom. The molecular formula is C20H23N3O4. The van der Waals surface area contributed by atoms with E-state index in [0.717, 1.165) is 37.1 Å². The van der Waals surface area contributed by atoms with Gasteiger partial charge in [-0.3, -0.25) is 9.59 Å². The summed E-state index contributed by atoms with van der Waals surface area (Å²) in [6, 6.07) is 7.70. The third-order valence-corrected chi connectivity index (χ3v) is 5.10. The van der Waals surface area contributed by atoms with Gasteiger partial charge in [0.1, 0.15) is 6.26 Å². The van der Waals surface area contributed by atoms with Crippen LogP contribution in [0.1, 0.15) is 53.5 Å². The van der Waals surface area contributed by atoms with Gasteiger partial charge in [-0.25, -0.2) is 4.98 Å². The molecule has 0 saturated carbocycles. The van der Waals surface area contributed by atoms with Gasteiger partial charge < -0.3 is 19.4 Å². The maximum absolute atomic E-state index is 12.3. The second-order valence-corrected chi connectivity index (χ2v) is 6.96. The first-order valence-electron chi connectivity index (χ1n) is 9.41. The molecule has 1 aromatic carbocycles. The summed E-state index contributed by atoms with van der Waals surface area (Å²) in [5.74, 6) is 0.752. The van der Waals surface area contributed by atoms with Crippen molar-refractivity contribution < 1.29 is 18.7 Å². The first kappa shape index (κ1) is 17.7. The van der Waals surface area contributed by atoms with E-state index in [0.29, 0.717) is 37.8 Å². The molecule has 2 amide bonds.